The monoisotopic (exact) mass is 247 g/mol. The largest absolute Gasteiger partial charge is 0.477 e. The Labute approximate surface area is 104 Å². The van der Waals surface area contributed by atoms with Gasteiger partial charge in [0.2, 0.25) is 5.56 Å². The zero-order valence-electron chi connectivity index (χ0n) is 10.3. The number of hydrogen-bond donors (Lipinski definition) is 2. The molecule has 2 aromatic heterocycles. The maximum Gasteiger partial charge on any atom is 0.341 e. The first-order chi connectivity index (χ1) is 8.49. The number of nitrogens with zero attached hydrogens (tertiary/aromatic N) is 1. The Morgan fingerprint density at radius 2 is 2.00 bits per heavy atom. The van der Waals surface area contributed by atoms with Gasteiger partial charge in [0.15, 0.2) is 12.4 Å². The molecular formula is C13H15N2O3+. The highest BCUT2D eigenvalue weighted by atomic mass is 16.4. The fourth-order valence-electron chi connectivity index (χ4n) is 1.27. The van der Waals surface area contributed by atoms with Crippen molar-refractivity contribution in [2.75, 3.05) is 0 Å². The standard InChI is InChI=1S/C7H7NO2.C6H7NO/c1-8-4-2-3-6(5-8)7(9)10;1-5-3-2-4-6(8)7-5/h2-5H,1H3;2-4H,1H3,(H,7,8)/p+1. The molecule has 0 aliphatic heterocycles. The van der Waals surface area contributed by atoms with E-state index in [9.17, 15) is 9.59 Å². The Balaban J connectivity index is 0.000000184. The van der Waals surface area contributed by atoms with Crippen LogP contribution in [0.5, 0.6) is 0 Å². The Hall–Kier alpha value is -2.43. The van der Waals surface area contributed by atoms with E-state index < -0.39 is 5.97 Å². The fraction of sp³-hybridized carbons (Fsp3) is 0.154. The lowest BCUT2D eigenvalue weighted by molar-refractivity contribution is -0.671. The SMILES string of the molecule is C[n+]1cccc(C(=O)O)c1.Cc1cccc(=O)[nH]1. The molecule has 0 radical (unpaired) electrons. The highest BCUT2D eigenvalue weighted by Crippen LogP contribution is 1.91. The van der Waals surface area contributed by atoms with Crippen molar-refractivity contribution < 1.29 is 14.5 Å². The molecular weight excluding hydrogens is 232 g/mol. The van der Waals surface area contributed by atoms with E-state index in [1.165, 1.54) is 6.07 Å². The first kappa shape index (κ1) is 13.6. The summed E-state index contributed by atoms with van der Waals surface area (Å²) in [5, 5.41) is 8.50. The van der Waals surface area contributed by atoms with Crippen LogP contribution in [0, 0.1) is 6.92 Å². The highest BCUT2D eigenvalue weighted by molar-refractivity contribution is 5.86. The van der Waals surface area contributed by atoms with Crippen LogP contribution in [0.2, 0.25) is 0 Å². The number of carboxylic acids is 1. The average Bonchev–Trinajstić information content (AvgIpc) is 2.29. The van der Waals surface area contributed by atoms with E-state index >= 15 is 0 Å². The number of aromatic nitrogens is 2. The lowest BCUT2D eigenvalue weighted by atomic mass is 10.3. The molecule has 0 bridgehead atoms. The van der Waals surface area contributed by atoms with Gasteiger partial charge in [-0.3, -0.25) is 4.79 Å². The number of aryl methyl sites for hydroxylation is 2. The molecule has 2 rings (SSSR count). The Bertz CT molecular complexity index is 591. The summed E-state index contributed by atoms with van der Waals surface area (Å²) in [6.07, 6.45) is 3.34. The molecule has 5 nitrogen and oxygen atoms in total. The van der Waals surface area contributed by atoms with Crippen molar-refractivity contribution in [2.24, 2.45) is 7.05 Å². The van der Waals surface area contributed by atoms with Gasteiger partial charge in [-0.2, -0.15) is 0 Å². The molecule has 0 amide bonds. The molecule has 94 valence electrons. The minimum atomic E-state index is -0.892. The third-order valence-electron chi connectivity index (χ3n) is 2.10. The summed E-state index contributed by atoms with van der Waals surface area (Å²) < 4.78 is 1.70. The average molecular weight is 247 g/mol. The number of carboxylic acid groups (broad SMARTS) is 1. The minimum absolute atomic E-state index is 0.0370. The molecule has 2 aromatic rings. The molecule has 0 atom stereocenters. The molecule has 2 N–H and O–H groups in total. The normalized spacial score (nSPS) is 9.22. The van der Waals surface area contributed by atoms with Crippen LogP contribution >= 0.6 is 0 Å². The molecule has 0 aliphatic rings. The van der Waals surface area contributed by atoms with Gasteiger partial charge in [-0.25, -0.2) is 9.36 Å². The molecule has 0 aromatic carbocycles. The van der Waals surface area contributed by atoms with Crippen molar-refractivity contribution in [2.45, 2.75) is 6.92 Å². The maximum absolute atomic E-state index is 10.4. The number of aromatic carboxylic acids is 1. The molecule has 0 spiro atoms. The summed E-state index contributed by atoms with van der Waals surface area (Å²) in [6, 6.07) is 8.33. The van der Waals surface area contributed by atoms with Crippen molar-refractivity contribution in [3.63, 3.8) is 0 Å². The number of carbonyl (C=O) groups is 1. The number of nitrogens with one attached hydrogen (secondary N) is 1. The quantitative estimate of drug-likeness (QED) is 0.735. The van der Waals surface area contributed by atoms with Crippen LogP contribution in [-0.2, 0) is 7.05 Å². The van der Waals surface area contributed by atoms with Crippen LogP contribution in [0.4, 0.5) is 0 Å². The molecule has 0 aliphatic carbocycles. The number of aromatic amines is 1. The van der Waals surface area contributed by atoms with Crippen LogP contribution in [0.25, 0.3) is 0 Å². The summed E-state index contributed by atoms with van der Waals surface area (Å²) in [6.45, 7) is 1.85. The van der Waals surface area contributed by atoms with Crippen molar-refractivity contribution in [3.8, 4) is 0 Å². The van der Waals surface area contributed by atoms with Gasteiger partial charge >= 0.3 is 5.97 Å². The Morgan fingerprint density at radius 1 is 1.28 bits per heavy atom. The fourth-order valence-corrected chi connectivity index (χ4v) is 1.27. The summed E-state index contributed by atoms with van der Waals surface area (Å²) in [5.41, 5.74) is 1.17. The van der Waals surface area contributed by atoms with Crippen LogP contribution in [0.1, 0.15) is 16.1 Å². The van der Waals surface area contributed by atoms with E-state index in [4.69, 9.17) is 5.11 Å². The lowest BCUT2D eigenvalue weighted by Gasteiger charge is -1.88. The molecule has 0 saturated carbocycles. The van der Waals surface area contributed by atoms with E-state index in [1.54, 1.807) is 42.2 Å². The van der Waals surface area contributed by atoms with Gasteiger partial charge in [0.25, 0.3) is 0 Å². The van der Waals surface area contributed by atoms with Crippen molar-refractivity contribution >= 4 is 5.97 Å². The predicted molar refractivity (Wildman–Crippen MR) is 66.4 cm³/mol. The zero-order chi connectivity index (χ0) is 13.5. The van der Waals surface area contributed by atoms with Crippen LogP contribution in [0.15, 0.2) is 47.5 Å². The van der Waals surface area contributed by atoms with Crippen LogP contribution in [-0.4, -0.2) is 16.1 Å². The lowest BCUT2D eigenvalue weighted by Crippen LogP contribution is -2.27. The van der Waals surface area contributed by atoms with Crippen molar-refractivity contribution in [1.29, 1.82) is 0 Å². The zero-order valence-corrected chi connectivity index (χ0v) is 10.3. The molecule has 0 unspecified atom stereocenters. The maximum atomic E-state index is 10.4. The smallest absolute Gasteiger partial charge is 0.341 e. The summed E-state index contributed by atoms with van der Waals surface area (Å²) in [7, 11) is 1.78. The van der Waals surface area contributed by atoms with Gasteiger partial charge in [0, 0.05) is 17.8 Å². The number of pyridine rings is 2. The number of H-pyrrole nitrogens is 1. The first-order valence-electron chi connectivity index (χ1n) is 5.33. The Morgan fingerprint density at radius 3 is 2.39 bits per heavy atom. The van der Waals surface area contributed by atoms with Gasteiger partial charge in [-0.05, 0) is 19.1 Å². The second kappa shape index (κ2) is 6.34. The third-order valence-corrected chi connectivity index (χ3v) is 2.10. The molecule has 2 heterocycles. The van der Waals surface area contributed by atoms with Gasteiger partial charge < -0.3 is 10.1 Å². The van der Waals surface area contributed by atoms with Gasteiger partial charge in [0.1, 0.15) is 12.6 Å². The molecule has 0 fully saturated rings. The second-order valence-corrected chi connectivity index (χ2v) is 3.76. The highest BCUT2D eigenvalue weighted by Gasteiger charge is 2.04. The van der Waals surface area contributed by atoms with E-state index in [-0.39, 0.29) is 5.56 Å². The molecule has 5 heteroatoms. The molecule has 18 heavy (non-hydrogen) atoms. The predicted octanol–water partition coefficient (Wildman–Crippen LogP) is 0.893. The van der Waals surface area contributed by atoms with Gasteiger partial charge in [-0.1, -0.05) is 6.07 Å². The van der Waals surface area contributed by atoms with E-state index in [0.717, 1.165) is 5.69 Å². The first-order valence-corrected chi connectivity index (χ1v) is 5.33. The Kier molecular flexibility index (Phi) is 4.80. The van der Waals surface area contributed by atoms with E-state index in [1.807, 2.05) is 13.0 Å². The van der Waals surface area contributed by atoms with E-state index in [2.05, 4.69) is 4.98 Å². The number of rotatable bonds is 1. The van der Waals surface area contributed by atoms with E-state index in [0.29, 0.717) is 5.56 Å². The summed E-state index contributed by atoms with van der Waals surface area (Å²) in [4.78, 5) is 23.4. The summed E-state index contributed by atoms with van der Waals surface area (Å²) >= 11 is 0. The second-order valence-electron chi connectivity index (χ2n) is 3.76. The topological polar surface area (TPSA) is 74.0 Å². The van der Waals surface area contributed by atoms with Crippen molar-refractivity contribution in [1.82, 2.24) is 4.98 Å². The number of hydrogen-bond acceptors (Lipinski definition) is 2. The van der Waals surface area contributed by atoms with Crippen LogP contribution < -0.4 is 10.1 Å². The van der Waals surface area contributed by atoms with Crippen molar-refractivity contribution in [3.05, 3.63) is 64.3 Å². The molecule has 0 saturated heterocycles. The minimum Gasteiger partial charge on any atom is -0.477 e. The van der Waals surface area contributed by atoms with Crippen LogP contribution in [0.3, 0.4) is 0 Å². The third kappa shape index (κ3) is 4.61. The summed E-state index contributed by atoms with van der Waals surface area (Å²) in [5.74, 6) is -0.892. The van der Waals surface area contributed by atoms with Gasteiger partial charge in [0.05, 0.1) is 0 Å². The van der Waals surface area contributed by atoms with Gasteiger partial charge in [-0.15, -0.1) is 0 Å².